The van der Waals surface area contributed by atoms with Crippen molar-refractivity contribution in [1.29, 1.82) is 0 Å². The van der Waals surface area contributed by atoms with Crippen LogP contribution >= 0.6 is 11.6 Å². The van der Waals surface area contributed by atoms with Crippen LogP contribution in [0, 0.1) is 17.8 Å². The SMILES string of the molecule is C[C@@H]1[C@@H](C)C/C=C/[C@@](O)(c2ccncn2)[C@@H]2CC[C@H]2CN2C[C@@]3(CCCc4cc(Cl)ccc43)COc3ccc(cc32)C(=O)NS1(=O)=O. The van der Waals surface area contributed by atoms with Gasteiger partial charge in [0.25, 0.3) is 5.91 Å². The predicted octanol–water partition coefficient (Wildman–Crippen LogP) is 5.56. The first-order chi connectivity index (χ1) is 22.5. The van der Waals surface area contributed by atoms with E-state index >= 15 is 0 Å². The normalized spacial score (nSPS) is 32.5. The number of halogens is 1. The Morgan fingerprint density at radius 3 is 2.74 bits per heavy atom. The molecule has 0 radical (unpaired) electrons. The van der Waals surface area contributed by atoms with Gasteiger partial charge in [0.15, 0.2) is 0 Å². The van der Waals surface area contributed by atoms with Gasteiger partial charge >= 0.3 is 0 Å². The Kier molecular flexibility index (Phi) is 8.33. The van der Waals surface area contributed by atoms with E-state index in [1.54, 1.807) is 43.5 Å². The van der Waals surface area contributed by atoms with Crippen LogP contribution in [0.3, 0.4) is 0 Å². The maximum absolute atomic E-state index is 13.5. The van der Waals surface area contributed by atoms with Crippen molar-refractivity contribution in [2.75, 3.05) is 24.6 Å². The largest absolute Gasteiger partial charge is 0.490 e. The molecule has 4 aliphatic rings. The van der Waals surface area contributed by atoms with Crippen LogP contribution in [0.15, 0.2) is 67.1 Å². The molecule has 47 heavy (non-hydrogen) atoms. The van der Waals surface area contributed by atoms with Gasteiger partial charge < -0.3 is 14.7 Å². The first-order valence-corrected chi connectivity index (χ1v) is 18.4. The fourth-order valence-electron chi connectivity index (χ4n) is 8.07. The van der Waals surface area contributed by atoms with E-state index in [0.29, 0.717) is 42.6 Å². The number of hydrogen-bond donors (Lipinski definition) is 2. The number of fused-ring (bicyclic) bond motifs is 4. The van der Waals surface area contributed by atoms with Crippen molar-refractivity contribution in [2.45, 2.75) is 68.6 Å². The van der Waals surface area contributed by atoms with E-state index < -0.39 is 26.8 Å². The molecule has 3 heterocycles. The number of aromatic nitrogens is 2. The number of anilines is 1. The van der Waals surface area contributed by atoms with E-state index in [0.717, 1.165) is 37.8 Å². The quantitative estimate of drug-likeness (QED) is 0.322. The van der Waals surface area contributed by atoms with Gasteiger partial charge in [0.05, 0.1) is 23.2 Å². The summed E-state index contributed by atoms with van der Waals surface area (Å²) in [6, 6.07) is 13.1. The minimum atomic E-state index is -4.00. The van der Waals surface area contributed by atoms with E-state index in [-0.39, 0.29) is 28.7 Å². The second-order valence-electron chi connectivity index (χ2n) is 13.9. The molecule has 1 amide bonds. The molecular weight excluding hydrogens is 636 g/mol. The second kappa shape index (κ2) is 12.2. The molecule has 7 rings (SSSR count). The molecule has 1 spiro atoms. The lowest BCUT2D eigenvalue weighted by Crippen LogP contribution is -2.51. The zero-order valence-corrected chi connectivity index (χ0v) is 28.3. The molecule has 3 aromatic rings. The molecule has 2 aliphatic heterocycles. The highest BCUT2D eigenvalue weighted by Gasteiger charge is 2.49. The van der Waals surface area contributed by atoms with Crippen LogP contribution in [0.5, 0.6) is 5.75 Å². The molecule has 9 nitrogen and oxygen atoms in total. The average Bonchev–Trinajstić information content (AvgIpc) is 3.19. The molecule has 248 valence electrons. The number of aliphatic hydroxyl groups is 1. The van der Waals surface area contributed by atoms with Crippen molar-refractivity contribution in [1.82, 2.24) is 14.7 Å². The summed E-state index contributed by atoms with van der Waals surface area (Å²) in [6.07, 6.45) is 11.7. The second-order valence-corrected chi connectivity index (χ2v) is 16.4. The lowest BCUT2D eigenvalue weighted by molar-refractivity contribution is -0.0530. The maximum Gasteiger partial charge on any atom is 0.264 e. The van der Waals surface area contributed by atoms with Crippen LogP contribution in [0.4, 0.5) is 5.69 Å². The highest BCUT2D eigenvalue weighted by molar-refractivity contribution is 7.90. The number of ether oxygens (including phenoxy) is 1. The molecule has 1 saturated carbocycles. The van der Waals surface area contributed by atoms with E-state index in [9.17, 15) is 18.3 Å². The summed E-state index contributed by atoms with van der Waals surface area (Å²) >= 11 is 6.43. The molecule has 1 fully saturated rings. The number of aryl methyl sites for hydroxylation is 1. The van der Waals surface area contributed by atoms with Crippen LogP contribution in [0.2, 0.25) is 5.02 Å². The summed E-state index contributed by atoms with van der Waals surface area (Å²) in [6.45, 7) is 5.16. The number of sulfonamides is 1. The molecule has 1 aromatic heterocycles. The zero-order chi connectivity index (χ0) is 33.0. The molecule has 2 N–H and O–H groups in total. The number of carbonyl (C=O) groups excluding carboxylic acids is 1. The van der Waals surface area contributed by atoms with Crippen molar-refractivity contribution >= 4 is 33.2 Å². The Morgan fingerprint density at radius 2 is 1.98 bits per heavy atom. The maximum atomic E-state index is 13.5. The topological polar surface area (TPSA) is 122 Å². The van der Waals surface area contributed by atoms with E-state index in [2.05, 4.69) is 31.7 Å². The summed E-state index contributed by atoms with van der Waals surface area (Å²) in [5.41, 5.74) is 2.29. The van der Waals surface area contributed by atoms with Crippen molar-refractivity contribution in [3.05, 3.63) is 94.5 Å². The van der Waals surface area contributed by atoms with Gasteiger partial charge in [-0.2, -0.15) is 0 Å². The van der Waals surface area contributed by atoms with Crippen molar-refractivity contribution in [3.63, 3.8) is 0 Å². The van der Waals surface area contributed by atoms with Gasteiger partial charge in [-0.3, -0.25) is 4.79 Å². The molecule has 2 aromatic carbocycles. The summed E-state index contributed by atoms with van der Waals surface area (Å²) in [4.78, 5) is 24.4. The van der Waals surface area contributed by atoms with Gasteiger partial charge in [0, 0.05) is 41.2 Å². The minimum Gasteiger partial charge on any atom is -0.490 e. The third-order valence-electron chi connectivity index (χ3n) is 11.1. The van der Waals surface area contributed by atoms with Crippen LogP contribution in [0.1, 0.15) is 73.1 Å². The van der Waals surface area contributed by atoms with Gasteiger partial charge in [-0.05, 0) is 105 Å². The number of amides is 1. The number of allylic oxidation sites excluding steroid dienone is 1. The van der Waals surface area contributed by atoms with E-state index in [1.807, 2.05) is 19.1 Å². The molecule has 0 saturated heterocycles. The van der Waals surface area contributed by atoms with Gasteiger partial charge in [-0.1, -0.05) is 36.7 Å². The number of rotatable bonds is 1. The molecule has 0 unspecified atom stereocenters. The van der Waals surface area contributed by atoms with Crippen LogP contribution < -0.4 is 14.4 Å². The van der Waals surface area contributed by atoms with Gasteiger partial charge in [0.1, 0.15) is 17.7 Å². The van der Waals surface area contributed by atoms with Crippen LogP contribution in [-0.4, -0.2) is 54.3 Å². The third-order valence-corrected chi connectivity index (χ3v) is 13.3. The highest BCUT2D eigenvalue weighted by Crippen LogP contribution is 2.50. The van der Waals surface area contributed by atoms with Crippen LogP contribution in [0.25, 0.3) is 0 Å². The summed E-state index contributed by atoms with van der Waals surface area (Å²) < 4.78 is 35.7. The molecule has 2 bridgehead atoms. The Bertz CT molecular complexity index is 1820. The number of benzene rings is 2. The Hall–Kier alpha value is -3.47. The number of nitrogens with one attached hydrogen (secondary N) is 1. The lowest BCUT2D eigenvalue weighted by Gasteiger charge is -2.49. The Balaban J connectivity index is 1.35. The number of hydrogen-bond acceptors (Lipinski definition) is 8. The summed E-state index contributed by atoms with van der Waals surface area (Å²) in [5.74, 6) is -0.363. The Labute approximate surface area is 281 Å². The van der Waals surface area contributed by atoms with Gasteiger partial charge in [-0.25, -0.2) is 23.1 Å². The average molecular weight is 677 g/mol. The van der Waals surface area contributed by atoms with Gasteiger partial charge in [0.2, 0.25) is 10.0 Å². The predicted molar refractivity (Wildman–Crippen MR) is 181 cm³/mol. The molecular formula is C36H41ClN4O5S. The number of carbonyl (C=O) groups is 1. The monoisotopic (exact) mass is 676 g/mol. The van der Waals surface area contributed by atoms with Crippen molar-refractivity contribution in [2.24, 2.45) is 17.8 Å². The van der Waals surface area contributed by atoms with Crippen LogP contribution in [-0.2, 0) is 27.5 Å². The first-order valence-electron chi connectivity index (χ1n) is 16.5. The standard InChI is InChI=1S/C36H41ClN4O5S/c1-23-5-3-15-36(43,33-13-16-38-22-39-33)30-10-7-27(30)19-41-20-35(14-4-6-25-17-28(37)9-11-29(25)35)21-46-32-12-8-26(18-31(32)41)34(42)40-47(44,45)24(23)2/h3,8-9,11-13,15-18,22-24,27,30,43H,4-7,10,14,19-21H2,1-2H3,(H,40,42)/b15-3+/t23-,24+,27-,30+,35-,36-/m0/s1. The molecule has 2 aliphatic carbocycles. The van der Waals surface area contributed by atoms with E-state index in [1.165, 1.54) is 17.5 Å². The highest BCUT2D eigenvalue weighted by atomic mass is 35.5. The lowest BCUT2D eigenvalue weighted by atomic mass is 9.63. The third kappa shape index (κ3) is 5.82. The smallest absolute Gasteiger partial charge is 0.264 e. The van der Waals surface area contributed by atoms with Crippen molar-refractivity contribution in [3.8, 4) is 5.75 Å². The molecule has 11 heteroatoms. The zero-order valence-electron chi connectivity index (χ0n) is 26.7. The first kappa shape index (κ1) is 32.1. The van der Waals surface area contributed by atoms with Crippen molar-refractivity contribution < 1.29 is 23.1 Å². The van der Waals surface area contributed by atoms with Gasteiger partial charge in [-0.15, -0.1) is 0 Å². The number of nitrogens with zero attached hydrogens (tertiary/aromatic N) is 3. The fraction of sp³-hybridized carbons (Fsp3) is 0.472. The fourth-order valence-corrected chi connectivity index (χ4v) is 9.55. The van der Waals surface area contributed by atoms with E-state index in [4.69, 9.17) is 16.3 Å². The Morgan fingerprint density at radius 1 is 1.13 bits per heavy atom. The summed E-state index contributed by atoms with van der Waals surface area (Å²) in [7, 11) is -4.00. The molecule has 6 atom stereocenters. The summed E-state index contributed by atoms with van der Waals surface area (Å²) in [5, 5.41) is 12.3. The minimum absolute atomic E-state index is 0.109.